The van der Waals surface area contributed by atoms with E-state index in [-0.39, 0.29) is 0 Å². The van der Waals surface area contributed by atoms with E-state index in [1.807, 2.05) is 0 Å². The van der Waals surface area contributed by atoms with E-state index in [2.05, 4.69) is 83.1 Å². The van der Waals surface area contributed by atoms with Crippen LogP contribution in [0, 0.1) is 0 Å². The van der Waals surface area contributed by atoms with E-state index in [0.29, 0.717) is 33.2 Å². The Hall–Kier alpha value is 0.314. The maximum Gasteiger partial charge on any atom is 0.0998 e. The van der Waals surface area contributed by atoms with Gasteiger partial charge in [0.15, 0.2) is 0 Å². The van der Waals surface area contributed by atoms with Crippen LogP contribution in [-0.2, 0) is 0 Å². The summed E-state index contributed by atoms with van der Waals surface area (Å²) >= 11 is 0. The van der Waals surface area contributed by atoms with Crippen molar-refractivity contribution in [1.82, 2.24) is 0 Å². The van der Waals surface area contributed by atoms with E-state index < -0.39 is 33.7 Å². The van der Waals surface area contributed by atoms with E-state index in [1.165, 1.54) is 0 Å². The standard InChI is InChI=1S/C21H48O3Si2/c1-13(2)25(14(3)4,15(5)6)20(23)19(22)21(24)26(16(7)8,17(9)10)18(11)12/h13-24H,1-12H3. The monoisotopic (exact) mass is 404 g/mol. The molecular formula is C21H48O3Si2. The van der Waals surface area contributed by atoms with Crippen molar-refractivity contribution in [3.05, 3.63) is 0 Å². The van der Waals surface area contributed by atoms with Crippen LogP contribution in [0.5, 0.6) is 0 Å². The molecule has 0 bridgehead atoms. The molecule has 0 amide bonds. The highest BCUT2D eigenvalue weighted by atomic mass is 28.3. The number of aliphatic hydroxyl groups excluding tert-OH is 3. The first-order valence-electron chi connectivity index (χ1n) is 10.7. The van der Waals surface area contributed by atoms with Gasteiger partial charge in [0.2, 0.25) is 0 Å². The maximum atomic E-state index is 11.5. The van der Waals surface area contributed by atoms with Gasteiger partial charge in [-0.05, 0) is 33.2 Å². The van der Waals surface area contributed by atoms with Gasteiger partial charge in [-0.15, -0.1) is 0 Å². The topological polar surface area (TPSA) is 60.7 Å². The van der Waals surface area contributed by atoms with E-state index in [1.54, 1.807) is 0 Å². The minimum atomic E-state index is -2.27. The van der Waals surface area contributed by atoms with Crippen LogP contribution in [-0.4, -0.2) is 49.0 Å². The van der Waals surface area contributed by atoms with Crippen LogP contribution in [0.2, 0.25) is 33.2 Å². The van der Waals surface area contributed by atoms with Gasteiger partial charge in [-0.3, -0.25) is 0 Å². The minimum absolute atomic E-state index is 0.340. The third-order valence-electron chi connectivity index (χ3n) is 7.67. The molecule has 0 spiro atoms. The first-order valence-corrected chi connectivity index (χ1v) is 15.3. The minimum Gasteiger partial charge on any atom is -0.394 e. The zero-order chi connectivity index (χ0) is 21.2. The van der Waals surface area contributed by atoms with Crippen molar-refractivity contribution >= 4 is 16.1 Å². The molecule has 0 aromatic carbocycles. The van der Waals surface area contributed by atoms with Gasteiger partial charge in [-0.25, -0.2) is 0 Å². The molecule has 0 radical (unpaired) electrons. The molecule has 0 aliphatic heterocycles. The molecule has 0 heterocycles. The normalized spacial score (nSPS) is 17.9. The average molecular weight is 405 g/mol. The molecule has 3 N–H and O–H groups in total. The van der Waals surface area contributed by atoms with Crippen LogP contribution < -0.4 is 0 Å². The van der Waals surface area contributed by atoms with Gasteiger partial charge >= 0.3 is 0 Å². The van der Waals surface area contributed by atoms with Gasteiger partial charge in [0.05, 0.1) is 33.7 Å². The molecule has 158 valence electrons. The molecule has 3 nitrogen and oxygen atoms in total. The summed E-state index contributed by atoms with van der Waals surface area (Å²) in [5.41, 5.74) is 0.432. The summed E-state index contributed by atoms with van der Waals surface area (Å²) in [6.45, 7) is 26.2. The van der Waals surface area contributed by atoms with E-state index >= 15 is 0 Å². The summed E-state index contributed by atoms with van der Waals surface area (Å²) in [4.78, 5) is 0. The van der Waals surface area contributed by atoms with Crippen LogP contribution in [0.1, 0.15) is 83.1 Å². The molecule has 0 aliphatic carbocycles. The van der Waals surface area contributed by atoms with Gasteiger partial charge in [0, 0.05) is 0 Å². The first kappa shape index (κ1) is 26.3. The number of hydrogen-bond acceptors (Lipinski definition) is 3. The third kappa shape index (κ3) is 4.17. The van der Waals surface area contributed by atoms with Gasteiger partial charge in [0.25, 0.3) is 0 Å². The Balaban J connectivity index is 6.25. The second-order valence-electron chi connectivity index (χ2n) is 10.3. The fourth-order valence-electron chi connectivity index (χ4n) is 6.81. The van der Waals surface area contributed by atoms with Crippen molar-refractivity contribution in [3.8, 4) is 0 Å². The molecule has 26 heavy (non-hydrogen) atoms. The van der Waals surface area contributed by atoms with Gasteiger partial charge in [0.1, 0.15) is 0 Å². The molecule has 0 aliphatic rings. The second-order valence-corrected chi connectivity index (χ2v) is 22.4. The predicted molar refractivity (Wildman–Crippen MR) is 120 cm³/mol. The Labute approximate surface area is 165 Å². The molecule has 2 atom stereocenters. The summed E-state index contributed by atoms with van der Waals surface area (Å²) < 4.78 is 0. The lowest BCUT2D eigenvalue weighted by Crippen LogP contribution is -2.68. The lowest BCUT2D eigenvalue weighted by molar-refractivity contribution is -0.00805. The largest absolute Gasteiger partial charge is 0.394 e. The lowest BCUT2D eigenvalue weighted by Gasteiger charge is -2.53. The van der Waals surface area contributed by atoms with Crippen LogP contribution in [0.15, 0.2) is 0 Å². The van der Waals surface area contributed by atoms with Crippen molar-refractivity contribution in [2.45, 2.75) is 134 Å². The van der Waals surface area contributed by atoms with E-state index in [9.17, 15) is 15.3 Å². The third-order valence-corrected chi connectivity index (χ3v) is 22.4. The Morgan fingerprint density at radius 1 is 0.385 bits per heavy atom. The second kappa shape index (κ2) is 9.68. The van der Waals surface area contributed by atoms with Gasteiger partial charge in [-0.1, -0.05) is 83.1 Å². The zero-order valence-electron chi connectivity index (χ0n) is 19.5. The number of hydrogen-bond donors (Lipinski definition) is 3. The number of rotatable bonds is 10. The average Bonchev–Trinajstić information content (AvgIpc) is 2.44. The van der Waals surface area contributed by atoms with Gasteiger partial charge in [-0.2, -0.15) is 0 Å². The Kier molecular flexibility index (Phi) is 9.80. The first-order chi connectivity index (χ1) is 11.6. The molecule has 2 unspecified atom stereocenters. The van der Waals surface area contributed by atoms with Crippen molar-refractivity contribution in [1.29, 1.82) is 0 Å². The van der Waals surface area contributed by atoms with Crippen LogP contribution in [0.4, 0.5) is 0 Å². The molecule has 0 aromatic heterocycles. The van der Waals surface area contributed by atoms with Crippen molar-refractivity contribution in [3.63, 3.8) is 0 Å². The Bertz CT molecular complexity index is 338. The Morgan fingerprint density at radius 2 is 0.538 bits per heavy atom. The zero-order valence-corrected chi connectivity index (χ0v) is 21.5. The summed E-state index contributed by atoms with van der Waals surface area (Å²) in [5, 5.41) is 34.3. The highest BCUT2D eigenvalue weighted by Crippen LogP contribution is 2.48. The molecular weight excluding hydrogens is 356 g/mol. The van der Waals surface area contributed by atoms with Crippen molar-refractivity contribution < 1.29 is 15.3 Å². The summed E-state index contributed by atoms with van der Waals surface area (Å²) in [6, 6.07) is 0. The quantitative estimate of drug-likeness (QED) is 0.421. The van der Waals surface area contributed by atoms with Crippen LogP contribution in [0.25, 0.3) is 0 Å². The van der Waals surface area contributed by atoms with Gasteiger partial charge < -0.3 is 15.3 Å². The maximum absolute atomic E-state index is 11.5. The SMILES string of the molecule is CC(C)[Si](C(C)C)(C(C)C)C(O)C(O)C(O)[Si](C(C)C)(C(C)C)C(C)C. The molecule has 5 heteroatoms. The Morgan fingerprint density at radius 3 is 0.654 bits per heavy atom. The molecule has 0 saturated carbocycles. The molecule has 0 rings (SSSR count). The predicted octanol–water partition coefficient (Wildman–Crippen LogP) is 5.51. The fraction of sp³-hybridized carbons (Fsp3) is 1.00. The van der Waals surface area contributed by atoms with E-state index in [0.717, 1.165) is 0 Å². The fourth-order valence-corrected chi connectivity index (χ4v) is 20.7. The summed E-state index contributed by atoms with van der Waals surface area (Å²) in [5.74, 6) is 0. The summed E-state index contributed by atoms with van der Waals surface area (Å²) in [6.07, 6.45) is -1.05. The number of aliphatic hydroxyl groups is 3. The molecule has 0 saturated heterocycles. The highest BCUT2D eigenvalue weighted by Gasteiger charge is 2.57. The molecule has 0 aromatic rings. The van der Waals surface area contributed by atoms with Crippen molar-refractivity contribution in [2.75, 3.05) is 0 Å². The summed E-state index contributed by atoms with van der Waals surface area (Å²) in [7, 11) is -4.54. The lowest BCUT2D eigenvalue weighted by atomic mass is 10.4. The molecule has 0 fully saturated rings. The smallest absolute Gasteiger partial charge is 0.0998 e. The van der Waals surface area contributed by atoms with Crippen LogP contribution in [0.3, 0.4) is 0 Å². The van der Waals surface area contributed by atoms with E-state index in [4.69, 9.17) is 0 Å². The highest BCUT2D eigenvalue weighted by molar-refractivity contribution is 6.86. The van der Waals surface area contributed by atoms with Crippen molar-refractivity contribution in [2.24, 2.45) is 0 Å². The van der Waals surface area contributed by atoms with Crippen LogP contribution >= 0.6 is 0 Å².